The van der Waals surface area contributed by atoms with Crippen LogP contribution in [0, 0.1) is 5.82 Å². The Morgan fingerprint density at radius 3 is 2.29 bits per heavy atom. The number of rotatable bonds is 7. The fourth-order valence-electron chi connectivity index (χ4n) is 2.73. The smallest absolute Gasteiger partial charge is 0.416 e. The maximum absolute atomic E-state index is 13.0. The van der Waals surface area contributed by atoms with Gasteiger partial charge in [0.1, 0.15) is 5.82 Å². The van der Waals surface area contributed by atoms with Gasteiger partial charge in [0.25, 0.3) is 5.91 Å². The number of ether oxygens (including phenoxy) is 1. The molecule has 0 aliphatic rings. The van der Waals surface area contributed by atoms with Crippen molar-refractivity contribution in [1.82, 2.24) is 0 Å². The molecule has 0 saturated heterocycles. The molecule has 0 aliphatic heterocycles. The van der Waals surface area contributed by atoms with E-state index in [1.165, 1.54) is 36.4 Å². The van der Waals surface area contributed by atoms with Crippen molar-refractivity contribution in [2.24, 2.45) is 5.73 Å². The van der Waals surface area contributed by atoms with E-state index in [0.717, 1.165) is 12.1 Å². The fourth-order valence-corrected chi connectivity index (χ4v) is 2.73. The normalized spacial score (nSPS) is 13.6. The van der Waals surface area contributed by atoms with Crippen LogP contribution in [0.1, 0.15) is 36.0 Å². The average Bonchev–Trinajstić information content (AvgIpc) is 2.63. The first-order chi connectivity index (χ1) is 13.1. The number of halogens is 4. The number of hydrogen-bond acceptors (Lipinski definition) is 3. The van der Waals surface area contributed by atoms with Gasteiger partial charge in [0.2, 0.25) is 0 Å². The van der Waals surface area contributed by atoms with Crippen molar-refractivity contribution in [3.63, 3.8) is 0 Å². The van der Waals surface area contributed by atoms with Crippen LogP contribution in [0.25, 0.3) is 0 Å². The Kier molecular flexibility index (Phi) is 6.77. The first-order valence-electron chi connectivity index (χ1n) is 8.53. The molecule has 0 radical (unpaired) electrons. The molecular formula is C20H19F4NO3. The molecule has 0 spiro atoms. The second-order valence-corrected chi connectivity index (χ2v) is 6.24. The highest BCUT2D eigenvalue weighted by Gasteiger charge is 2.32. The van der Waals surface area contributed by atoms with Crippen molar-refractivity contribution in [1.29, 1.82) is 0 Å². The third kappa shape index (κ3) is 5.55. The summed E-state index contributed by atoms with van der Waals surface area (Å²) in [6, 6.07) is 9.60. The van der Waals surface area contributed by atoms with Gasteiger partial charge in [0, 0.05) is 6.42 Å². The van der Waals surface area contributed by atoms with Crippen molar-refractivity contribution in [2.75, 3.05) is 0 Å². The van der Waals surface area contributed by atoms with E-state index in [1.807, 2.05) is 0 Å². The van der Waals surface area contributed by atoms with Crippen molar-refractivity contribution in [3.05, 3.63) is 71.0 Å². The SMILES string of the molecule is CCC(C(=O)OC(Cc1ccc(F)cc1)C(N)=O)c1cccc(C(F)(F)F)c1. The highest BCUT2D eigenvalue weighted by atomic mass is 19.4. The highest BCUT2D eigenvalue weighted by molar-refractivity contribution is 5.85. The lowest BCUT2D eigenvalue weighted by Crippen LogP contribution is -2.36. The van der Waals surface area contributed by atoms with Crippen LogP contribution in [-0.4, -0.2) is 18.0 Å². The summed E-state index contributed by atoms with van der Waals surface area (Å²) in [7, 11) is 0. The number of benzene rings is 2. The standard InChI is InChI=1S/C20H19F4NO3/c1-2-16(13-4-3-5-14(11-13)20(22,23)24)19(27)28-17(18(25)26)10-12-6-8-15(21)9-7-12/h3-9,11,16-17H,2,10H2,1H3,(H2,25,26). The fraction of sp³-hybridized carbons (Fsp3) is 0.300. The molecule has 2 unspecified atom stereocenters. The summed E-state index contributed by atoms with van der Waals surface area (Å²) >= 11 is 0. The molecule has 0 bridgehead atoms. The topological polar surface area (TPSA) is 69.4 Å². The van der Waals surface area contributed by atoms with Gasteiger partial charge in [-0.15, -0.1) is 0 Å². The average molecular weight is 397 g/mol. The van der Waals surface area contributed by atoms with Crippen LogP contribution >= 0.6 is 0 Å². The Hall–Kier alpha value is -2.90. The molecule has 2 atom stereocenters. The zero-order valence-electron chi connectivity index (χ0n) is 15.0. The van der Waals surface area contributed by atoms with E-state index < -0.39 is 41.5 Å². The van der Waals surface area contributed by atoms with Crippen LogP contribution in [0.15, 0.2) is 48.5 Å². The molecular weight excluding hydrogens is 378 g/mol. The number of nitrogens with two attached hydrogens (primary N) is 1. The van der Waals surface area contributed by atoms with Gasteiger partial charge in [0.15, 0.2) is 6.10 Å². The predicted octanol–water partition coefficient (Wildman–Crippen LogP) is 3.98. The van der Waals surface area contributed by atoms with Gasteiger partial charge in [-0.2, -0.15) is 13.2 Å². The summed E-state index contributed by atoms with van der Waals surface area (Å²) in [4.78, 5) is 24.2. The van der Waals surface area contributed by atoms with Gasteiger partial charge in [-0.1, -0.05) is 37.3 Å². The van der Waals surface area contributed by atoms with E-state index in [1.54, 1.807) is 6.92 Å². The lowest BCUT2D eigenvalue weighted by atomic mass is 9.94. The minimum absolute atomic E-state index is 0.0691. The number of primary amides is 1. The van der Waals surface area contributed by atoms with E-state index in [-0.39, 0.29) is 18.4 Å². The number of carbonyl (C=O) groups is 2. The highest BCUT2D eigenvalue weighted by Crippen LogP contribution is 2.32. The van der Waals surface area contributed by atoms with Crippen LogP contribution in [-0.2, 0) is 26.9 Å². The number of hydrogen-bond donors (Lipinski definition) is 1. The van der Waals surface area contributed by atoms with E-state index in [9.17, 15) is 27.2 Å². The number of carbonyl (C=O) groups excluding carboxylic acids is 2. The summed E-state index contributed by atoms with van der Waals surface area (Å²) in [5.74, 6) is -3.21. The molecule has 2 rings (SSSR count). The summed E-state index contributed by atoms with van der Waals surface area (Å²) in [6.07, 6.45) is -5.77. The zero-order valence-corrected chi connectivity index (χ0v) is 15.0. The summed E-state index contributed by atoms with van der Waals surface area (Å²) in [5, 5.41) is 0. The Labute approximate surface area is 159 Å². The molecule has 0 aromatic heterocycles. The van der Waals surface area contributed by atoms with Crippen LogP contribution < -0.4 is 5.73 Å². The van der Waals surface area contributed by atoms with E-state index >= 15 is 0 Å². The molecule has 150 valence electrons. The second kappa shape index (κ2) is 8.86. The molecule has 0 saturated carbocycles. The summed E-state index contributed by atoms with van der Waals surface area (Å²) in [5.41, 5.74) is 5.06. The van der Waals surface area contributed by atoms with Crippen LogP contribution in [0.4, 0.5) is 17.6 Å². The van der Waals surface area contributed by atoms with Gasteiger partial charge >= 0.3 is 12.1 Å². The molecule has 0 heterocycles. The molecule has 8 heteroatoms. The Bertz CT molecular complexity index is 834. The third-order valence-electron chi connectivity index (χ3n) is 4.22. The minimum atomic E-state index is -4.55. The first kappa shape index (κ1) is 21.4. The molecule has 0 aliphatic carbocycles. The quantitative estimate of drug-likeness (QED) is 0.568. The molecule has 2 aromatic rings. The molecule has 2 aromatic carbocycles. The summed E-state index contributed by atoms with van der Waals surface area (Å²) < 4.78 is 56.9. The van der Waals surface area contributed by atoms with Crippen LogP contribution in [0.3, 0.4) is 0 Å². The largest absolute Gasteiger partial charge is 0.451 e. The second-order valence-electron chi connectivity index (χ2n) is 6.24. The van der Waals surface area contributed by atoms with Gasteiger partial charge < -0.3 is 10.5 Å². The minimum Gasteiger partial charge on any atom is -0.451 e. The molecule has 1 amide bonds. The predicted molar refractivity (Wildman–Crippen MR) is 93.7 cm³/mol. The van der Waals surface area contributed by atoms with Gasteiger partial charge in [0.05, 0.1) is 11.5 Å². The number of amides is 1. The van der Waals surface area contributed by atoms with Gasteiger partial charge in [-0.25, -0.2) is 4.39 Å². The molecule has 2 N–H and O–H groups in total. The molecule has 28 heavy (non-hydrogen) atoms. The lowest BCUT2D eigenvalue weighted by Gasteiger charge is -2.20. The summed E-state index contributed by atoms with van der Waals surface area (Å²) in [6.45, 7) is 1.62. The van der Waals surface area contributed by atoms with Crippen LogP contribution in [0.5, 0.6) is 0 Å². The molecule has 0 fully saturated rings. The van der Waals surface area contributed by atoms with Crippen molar-refractivity contribution in [3.8, 4) is 0 Å². The van der Waals surface area contributed by atoms with Crippen molar-refractivity contribution in [2.45, 2.75) is 38.0 Å². The maximum Gasteiger partial charge on any atom is 0.416 e. The maximum atomic E-state index is 13.0. The zero-order chi connectivity index (χ0) is 20.9. The van der Waals surface area contributed by atoms with Gasteiger partial charge in [-0.05, 0) is 35.7 Å². The van der Waals surface area contributed by atoms with E-state index in [0.29, 0.717) is 5.56 Å². The lowest BCUT2D eigenvalue weighted by molar-refractivity contribution is -0.156. The van der Waals surface area contributed by atoms with Crippen molar-refractivity contribution >= 4 is 11.9 Å². The number of alkyl halides is 3. The Morgan fingerprint density at radius 2 is 1.75 bits per heavy atom. The number of esters is 1. The van der Waals surface area contributed by atoms with Crippen molar-refractivity contribution < 1.29 is 31.9 Å². The van der Waals surface area contributed by atoms with Crippen LogP contribution in [0.2, 0.25) is 0 Å². The third-order valence-corrected chi connectivity index (χ3v) is 4.22. The van der Waals surface area contributed by atoms with E-state index in [2.05, 4.69) is 0 Å². The molecule has 4 nitrogen and oxygen atoms in total. The Balaban J connectivity index is 2.19. The Morgan fingerprint density at radius 1 is 1.11 bits per heavy atom. The van der Waals surface area contributed by atoms with E-state index in [4.69, 9.17) is 10.5 Å². The first-order valence-corrected chi connectivity index (χ1v) is 8.53. The van der Waals surface area contributed by atoms with Gasteiger partial charge in [-0.3, -0.25) is 9.59 Å². The monoisotopic (exact) mass is 397 g/mol.